The molecule has 0 aliphatic rings. The first-order chi connectivity index (χ1) is 11.1. The van der Waals surface area contributed by atoms with Gasteiger partial charge in [0, 0.05) is 0 Å². The van der Waals surface area contributed by atoms with Gasteiger partial charge in [-0.2, -0.15) is 0 Å². The van der Waals surface area contributed by atoms with Gasteiger partial charge in [0.2, 0.25) is 0 Å². The molecule has 0 radical (unpaired) electrons. The molecule has 1 heterocycles. The molecule has 5 heteroatoms. The zero-order chi connectivity index (χ0) is 16.2. The predicted octanol–water partition coefficient (Wildman–Crippen LogP) is 1.93. The molecular formula is C18H14FNO3. The molecule has 0 saturated heterocycles. The lowest BCUT2D eigenvalue weighted by Crippen LogP contribution is -2.31. The average molecular weight is 311 g/mol. The van der Waals surface area contributed by atoms with E-state index in [9.17, 15) is 9.18 Å². The number of halogens is 1. The fraction of sp³-hybridized carbons (Fsp3) is 0.0556. The molecular weight excluding hydrogens is 297 g/mol. The van der Waals surface area contributed by atoms with Crippen LogP contribution in [0, 0.1) is 5.82 Å². The van der Waals surface area contributed by atoms with E-state index in [-0.39, 0.29) is 5.82 Å². The fourth-order valence-corrected chi connectivity index (χ4v) is 2.06. The van der Waals surface area contributed by atoms with Crippen molar-refractivity contribution in [3.63, 3.8) is 0 Å². The number of hydrogen-bond donors (Lipinski definition) is 1. The molecule has 116 valence electrons. The van der Waals surface area contributed by atoms with E-state index < -0.39 is 5.63 Å². The molecule has 0 spiro atoms. The second-order valence-corrected chi connectivity index (χ2v) is 5.01. The highest BCUT2D eigenvalue weighted by Crippen LogP contribution is 2.14. The van der Waals surface area contributed by atoms with Crippen LogP contribution in [-0.4, -0.2) is 5.16 Å². The Morgan fingerprint density at radius 1 is 1.13 bits per heavy atom. The Kier molecular flexibility index (Phi) is 4.10. The van der Waals surface area contributed by atoms with Crippen molar-refractivity contribution >= 4 is 12.7 Å². The summed E-state index contributed by atoms with van der Waals surface area (Å²) in [6.07, 6.45) is 1.69. The monoisotopic (exact) mass is 311 g/mol. The zero-order valence-electron chi connectivity index (χ0n) is 12.2. The van der Waals surface area contributed by atoms with Gasteiger partial charge in [-0.25, -0.2) is 14.3 Å². The molecule has 1 N–H and O–H groups in total. The highest BCUT2D eigenvalue weighted by atomic mass is 19.1. The van der Waals surface area contributed by atoms with E-state index in [2.05, 4.69) is 16.3 Å². The van der Waals surface area contributed by atoms with E-state index in [1.165, 1.54) is 12.1 Å². The van der Waals surface area contributed by atoms with Gasteiger partial charge in [-0.15, -0.1) is 0 Å². The van der Waals surface area contributed by atoms with Gasteiger partial charge in [-0.05, 0) is 41.5 Å². The molecule has 0 fully saturated rings. The summed E-state index contributed by atoms with van der Waals surface area (Å²) in [5, 5.41) is 3.26. The first kappa shape index (κ1) is 14.8. The molecule has 0 unspecified atom stereocenters. The average Bonchev–Trinajstić information content (AvgIpc) is 2.88. The van der Waals surface area contributed by atoms with Crippen molar-refractivity contribution in [3.8, 4) is 5.75 Å². The zero-order valence-corrected chi connectivity index (χ0v) is 12.2. The first-order valence-corrected chi connectivity index (χ1v) is 6.97. The van der Waals surface area contributed by atoms with Gasteiger partial charge < -0.3 is 9.26 Å². The number of ether oxygens (including phenoxy) is 1. The lowest BCUT2D eigenvalue weighted by molar-refractivity contribution is 0.306. The van der Waals surface area contributed by atoms with Gasteiger partial charge in [0.25, 0.3) is 0 Å². The van der Waals surface area contributed by atoms with Gasteiger partial charge in [-0.3, -0.25) is 0 Å². The summed E-state index contributed by atoms with van der Waals surface area (Å²) in [5.41, 5.74) is 1.26. The van der Waals surface area contributed by atoms with E-state index in [1.54, 1.807) is 30.3 Å². The summed E-state index contributed by atoms with van der Waals surface area (Å²) in [4.78, 5) is 11.5. The Bertz CT molecular complexity index is 923. The largest absolute Gasteiger partial charge is 0.489 e. The van der Waals surface area contributed by atoms with Crippen LogP contribution in [-0.2, 0) is 6.61 Å². The Balaban J connectivity index is 1.72. The Morgan fingerprint density at radius 3 is 2.43 bits per heavy atom. The molecule has 4 nitrogen and oxygen atoms in total. The third-order valence-corrected chi connectivity index (χ3v) is 3.32. The van der Waals surface area contributed by atoms with Gasteiger partial charge in [-0.1, -0.05) is 30.8 Å². The molecule has 0 atom stereocenters. The predicted molar refractivity (Wildman–Crippen MR) is 84.8 cm³/mol. The van der Waals surface area contributed by atoms with Crippen LogP contribution >= 0.6 is 0 Å². The smallest absolute Gasteiger partial charge is 0.365 e. The molecule has 0 aliphatic carbocycles. The highest BCUT2D eigenvalue weighted by molar-refractivity contribution is 5.50. The number of rotatable bonds is 4. The maximum absolute atomic E-state index is 12.8. The Morgan fingerprint density at radius 2 is 1.83 bits per heavy atom. The number of H-pyrrole nitrogens is 1. The van der Waals surface area contributed by atoms with E-state index in [4.69, 9.17) is 4.74 Å². The van der Waals surface area contributed by atoms with Crippen LogP contribution in [0.4, 0.5) is 4.39 Å². The number of nitrogens with one attached hydrogen (secondary N) is 1. The minimum Gasteiger partial charge on any atom is -0.489 e. The van der Waals surface area contributed by atoms with Gasteiger partial charge >= 0.3 is 5.63 Å². The fourth-order valence-electron chi connectivity index (χ4n) is 2.06. The van der Waals surface area contributed by atoms with Crippen LogP contribution in [0.2, 0.25) is 0 Å². The van der Waals surface area contributed by atoms with Crippen molar-refractivity contribution in [1.29, 1.82) is 0 Å². The molecule has 0 saturated carbocycles. The third kappa shape index (κ3) is 3.58. The standard InChI is InChI=1S/C18H14FNO3/c1-12-17(18(21)23-20-12)10-13-4-8-16(9-5-13)22-11-14-2-6-15(19)7-3-14/h2-10,20H,1,11H2. The van der Waals surface area contributed by atoms with Crippen LogP contribution in [0.3, 0.4) is 0 Å². The minimum absolute atomic E-state index is 0.271. The lowest BCUT2D eigenvalue weighted by Gasteiger charge is -2.06. The SMILES string of the molecule is C=c1[nH]oc(=O)c1=Cc1ccc(OCc2ccc(F)cc2)cc1. The highest BCUT2D eigenvalue weighted by Gasteiger charge is 1.99. The summed E-state index contributed by atoms with van der Waals surface area (Å²) in [6.45, 7) is 4.05. The molecule has 0 amide bonds. The Labute approximate surface area is 131 Å². The maximum atomic E-state index is 12.8. The molecule has 0 bridgehead atoms. The topological polar surface area (TPSA) is 55.2 Å². The van der Waals surface area contributed by atoms with Gasteiger partial charge in [0.05, 0.1) is 10.6 Å². The lowest BCUT2D eigenvalue weighted by atomic mass is 10.2. The van der Waals surface area contributed by atoms with Crippen LogP contribution < -0.4 is 20.9 Å². The van der Waals surface area contributed by atoms with Crippen LogP contribution in [0.5, 0.6) is 5.75 Å². The normalized spacial score (nSPS) is 11.6. The summed E-state index contributed by atoms with van der Waals surface area (Å²) in [7, 11) is 0. The second kappa shape index (κ2) is 6.36. The number of aromatic nitrogens is 1. The van der Waals surface area contributed by atoms with E-state index >= 15 is 0 Å². The van der Waals surface area contributed by atoms with Crippen molar-refractivity contribution in [1.82, 2.24) is 5.16 Å². The summed E-state index contributed by atoms with van der Waals surface area (Å²) in [5.74, 6) is 0.412. The van der Waals surface area contributed by atoms with E-state index in [0.717, 1.165) is 11.1 Å². The Hall–Kier alpha value is -3.08. The maximum Gasteiger partial charge on any atom is 0.365 e. The third-order valence-electron chi connectivity index (χ3n) is 3.32. The molecule has 1 aromatic heterocycles. The van der Waals surface area contributed by atoms with Crippen molar-refractivity contribution < 1.29 is 13.7 Å². The minimum atomic E-state index is -0.452. The number of aromatic amines is 1. The van der Waals surface area contributed by atoms with Crippen molar-refractivity contribution in [2.24, 2.45) is 0 Å². The quantitative estimate of drug-likeness (QED) is 0.801. The van der Waals surface area contributed by atoms with E-state index in [0.29, 0.717) is 22.9 Å². The second-order valence-electron chi connectivity index (χ2n) is 5.01. The molecule has 3 rings (SSSR count). The summed E-state index contributed by atoms with van der Waals surface area (Å²) < 4.78 is 23.1. The van der Waals surface area contributed by atoms with Gasteiger partial charge in [0.15, 0.2) is 0 Å². The molecule has 0 aliphatic heterocycles. The summed E-state index contributed by atoms with van der Waals surface area (Å²) >= 11 is 0. The first-order valence-electron chi connectivity index (χ1n) is 6.97. The molecule has 2 aromatic carbocycles. The van der Waals surface area contributed by atoms with Crippen LogP contribution in [0.25, 0.3) is 12.7 Å². The van der Waals surface area contributed by atoms with Crippen LogP contribution in [0.1, 0.15) is 11.1 Å². The molecule has 23 heavy (non-hydrogen) atoms. The number of benzene rings is 2. The molecule has 3 aromatic rings. The number of hydrogen-bond acceptors (Lipinski definition) is 3. The van der Waals surface area contributed by atoms with Crippen LogP contribution in [0.15, 0.2) is 57.8 Å². The van der Waals surface area contributed by atoms with E-state index in [1.807, 2.05) is 12.1 Å². The van der Waals surface area contributed by atoms with Gasteiger partial charge in [0.1, 0.15) is 18.2 Å². The van der Waals surface area contributed by atoms with Crippen molar-refractivity contribution in [3.05, 3.63) is 86.5 Å². The summed E-state index contributed by atoms with van der Waals surface area (Å²) in [6, 6.07) is 13.4. The van der Waals surface area contributed by atoms with Crippen molar-refractivity contribution in [2.45, 2.75) is 6.61 Å². The van der Waals surface area contributed by atoms with Crippen molar-refractivity contribution in [2.75, 3.05) is 0 Å².